The van der Waals surface area contributed by atoms with Crippen LogP contribution >= 0.6 is 0 Å². The summed E-state index contributed by atoms with van der Waals surface area (Å²) in [5, 5.41) is 7.75. The predicted molar refractivity (Wildman–Crippen MR) is 96.5 cm³/mol. The Bertz CT molecular complexity index is 968. The summed E-state index contributed by atoms with van der Waals surface area (Å²) in [6.07, 6.45) is -5.30. The fraction of sp³-hybridized carbons (Fsp3) is 0.421. The molecule has 0 amide bonds. The van der Waals surface area contributed by atoms with Gasteiger partial charge < -0.3 is 14.3 Å². The number of hydrogen-bond donors (Lipinski definition) is 0. The number of halogens is 3. The highest BCUT2D eigenvalue weighted by Crippen LogP contribution is 2.48. The molecule has 7 nitrogen and oxygen atoms in total. The molecule has 1 unspecified atom stereocenters. The molecule has 0 saturated heterocycles. The van der Waals surface area contributed by atoms with E-state index >= 15 is 0 Å². The third kappa shape index (κ3) is 3.59. The number of carbonyl (C=O) groups is 1. The molecule has 0 bridgehead atoms. The van der Waals surface area contributed by atoms with E-state index in [0.29, 0.717) is 22.4 Å². The second-order valence-electron chi connectivity index (χ2n) is 6.74. The zero-order chi connectivity index (χ0) is 21.4. The Hall–Kier alpha value is -2.88. The van der Waals surface area contributed by atoms with Crippen molar-refractivity contribution in [3.05, 3.63) is 52.3 Å². The molecule has 0 radical (unpaired) electrons. The van der Waals surface area contributed by atoms with Gasteiger partial charge in [0.2, 0.25) is 0 Å². The van der Waals surface area contributed by atoms with Crippen LogP contribution in [0, 0.1) is 13.8 Å². The molecule has 1 aliphatic heterocycles. The fourth-order valence-corrected chi connectivity index (χ4v) is 3.17. The number of ether oxygens (including phenoxy) is 2. The lowest BCUT2D eigenvalue weighted by molar-refractivity contribution is -0.277. The van der Waals surface area contributed by atoms with Gasteiger partial charge in [0.15, 0.2) is 0 Å². The van der Waals surface area contributed by atoms with Crippen LogP contribution in [-0.4, -0.2) is 41.9 Å². The van der Waals surface area contributed by atoms with Crippen molar-refractivity contribution in [2.45, 2.75) is 38.8 Å². The summed E-state index contributed by atoms with van der Waals surface area (Å²) in [5.74, 6) is -0.526. The van der Waals surface area contributed by atoms with Crippen LogP contribution < -0.4 is 0 Å². The van der Waals surface area contributed by atoms with Crippen molar-refractivity contribution < 1.29 is 32.3 Å². The number of rotatable bonds is 5. The number of methoxy groups -OCH3 is 2. The van der Waals surface area contributed by atoms with E-state index in [2.05, 4.69) is 15.0 Å². The van der Waals surface area contributed by atoms with E-state index in [1.54, 1.807) is 19.9 Å². The Labute approximate surface area is 165 Å². The van der Waals surface area contributed by atoms with Crippen molar-refractivity contribution in [1.29, 1.82) is 0 Å². The topological polar surface area (TPSA) is 74.9 Å². The summed E-state index contributed by atoms with van der Waals surface area (Å²) in [6, 6.07) is 5.90. The maximum Gasteiger partial charge on any atom is 0.437 e. The van der Waals surface area contributed by atoms with Crippen LogP contribution in [0.4, 0.5) is 13.2 Å². The van der Waals surface area contributed by atoms with E-state index in [9.17, 15) is 18.0 Å². The molecule has 2 heterocycles. The SMILES string of the molecule is COCn1nc(C2(C(F)(F)F)CC(c3ccc(C(=O)OC)c(C)c3)=NO2)cc1C. The molecular formula is C19H20F3N3O4. The highest BCUT2D eigenvalue weighted by Gasteiger charge is 2.64. The van der Waals surface area contributed by atoms with Gasteiger partial charge in [-0.1, -0.05) is 11.2 Å². The van der Waals surface area contributed by atoms with Gasteiger partial charge in [0.05, 0.1) is 24.8 Å². The Morgan fingerprint density at radius 2 is 2.00 bits per heavy atom. The highest BCUT2D eigenvalue weighted by molar-refractivity contribution is 6.03. The van der Waals surface area contributed by atoms with Crippen molar-refractivity contribution in [1.82, 2.24) is 9.78 Å². The third-order valence-corrected chi connectivity index (χ3v) is 4.80. The molecule has 3 rings (SSSR count). The van der Waals surface area contributed by atoms with Gasteiger partial charge >= 0.3 is 12.1 Å². The average molecular weight is 411 g/mol. The van der Waals surface area contributed by atoms with Crippen molar-refractivity contribution in [2.75, 3.05) is 14.2 Å². The Morgan fingerprint density at radius 1 is 1.28 bits per heavy atom. The number of carbonyl (C=O) groups excluding carboxylic acids is 1. The number of esters is 1. The van der Waals surface area contributed by atoms with E-state index in [1.165, 1.54) is 37.1 Å². The van der Waals surface area contributed by atoms with Crippen LogP contribution in [-0.2, 0) is 26.6 Å². The van der Waals surface area contributed by atoms with E-state index in [0.717, 1.165) is 0 Å². The number of oxime groups is 1. The monoisotopic (exact) mass is 411 g/mol. The molecule has 1 atom stereocenters. The first-order chi connectivity index (χ1) is 13.6. The number of alkyl halides is 3. The van der Waals surface area contributed by atoms with Crippen LogP contribution in [0.3, 0.4) is 0 Å². The first kappa shape index (κ1) is 20.8. The maximum absolute atomic E-state index is 14.1. The largest absolute Gasteiger partial charge is 0.465 e. The molecule has 0 aliphatic carbocycles. The molecule has 0 N–H and O–H groups in total. The molecule has 29 heavy (non-hydrogen) atoms. The average Bonchev–Trinajstić information content (AvgIpc) is 3.26. The minimum absolute atomic E-state index is 0.0155. The van der Waals surface area contributed by atoms with Gasteiger partial charge in [-0.15, -0.1) is 0 Å². The van der Waals surface area contributed by atoms with Crippen molar-refractivity contribution >= 4 is 11.7 Å². The van der Waals surface area contributed by atoms with Gasteiger partial charge in [0.1, 0.15) is 12.4 Å². The minimum Gasteiger partial charge on any atom is -0.465 e. The highest BCUT2D eigenvalue weighted by atomic mass is 19.4. The van der Waals surface area contributed by atoms with Crippen molar-refractivity contribution in [2.24, 2.45) is 5.16 Å². The molecule has 10 heteroatoms. The Balaban J connectivity index is 1.96. The van der Waals surface area contributed by atoms with Crippen LogP contribution in [0.1, 0.15) is 39.3 Å². The second-order valence-corrected chi connectivity index (χ2v) is 6.74. The van der Waals surface area contributed by atoms with Gasteiger partial charge in [-0.25, -0.2) is 9.48 Å². The molecule has 156 valence electrons. The normalized spacial score (nSPS) is 19.1. The lowest BCUT2D eigenvalue weighted by atomic mass is 9.89. The molecule has 0 spiro atoms. The smallest absolute Gasteiger partial charge is 0.437 e. The van der Waals surface area contributed by atoms with E-state index in [1.807, 2.05) is 0 Å². The summed E-state index contributed by atoms with van der Waals surface area (Å²) >= 11 is 0. The number of nitrogens with zero attached hydrogens (tertiary/aromatic N) is 3. The summed E-state index contributed by atoms with van der Waals surface area (Å²) in [7, 11) is 2.68. The molecule has 0 saturated carbocycles. The summed E-state index contributed by atoms with van der Waals surface area (Å²) < 4.78 is 53.2. The lowest BCUT2D eigenvalue weighted by Gasteiger charge is -2.27. The summed E-state index contributed by atoms with van der Waals surface area (Å²) in [6.45, 7) is 3.31. The van der Waals surface area contributed by atoms with Crippen molar-refractivity contribution in [3.8, 4) is 0 Å². The number of aryl methyl sites for hydroxylation is 2. The van der Waals surface area contributed by atoms with E-state index in [4.69, 9.17) is 9.57 Å². The second kappa shape index (κ2) is 7.51. The fourth-order valence-electron chi connectivity index (χ4n) is 3.17. The number of hydrogen-bond acceptors (Lipinski definition) is 6. The van der Waals surface area contributed by atoms with Crippen molar-refractivity contribution in [3.63, 3.8) is 0 Å². The first-order valence-electron chi connectivity index (χ1n) is 8.68. The number of aromatic nitrogens is 2. The minimum atomic E-state index is -4.75. The molecular weight excluding hydrogens is 391 g/mol. The van der Waals surface area contributed by atoms with Crippen LogP contribution in [0.2, 0.25) is 0 Å². The third-order valence-electron chi connectivity index (χ3n) is 4.80. The quantitative estimate of drug-likeness (QED) is 0.705. The summed E-state index contributed by atoms with van der Waals surface area (Å²) in [5.41, 5.74) is -1.06. The first-order valence-corrected chi connectivity index (χ1v) is 8.68. The van der Waals surface area contributed by atoms with Crippen LogP contribution in [0.5, 0.6) is 0 Å². The molecule has 1 aromatic carbocycles. The predicted octanol–water partition coefficient (Wildman–Crippen LogP) is 3.47. The van der Waals surface area contributed by atoms with Gasteiger partial charge in [-0.05, 0) is 43.2 Å². The molecule has 2 aromatic rings. The Kier molecular flexibility index (Phi) is 5.40. The van der Waals surface area contributed by atoms with Gasteiger partial charge in [0, 0.05) is 12.8 Å². The zero-order valence-electron chi connectivity index (χ0n) is 16.3. The van der Waals surface area contributed by atoms with Gasteiger partial charge in [-0.2, -0.15) is 18.3 Å². The van der Waals surface area contributed by atoms with Crippen LogP contribution in [0.15, 0.2) is 29.4 Å². The standard InChI is InChI=1S/C19H20F3N3O4/c1-11-7-13(5-6-14(11)17(26)28-4)15-9-18(29-24-15,19(20,21)22)16-8-12(2)25(23-16)10-27-3/h5-8H,9-10H2,1-4H3. The lowest BCUT2D eigenvalue weighted by Crippen LogP contribution is -2.43. The number of benzene rings is 1. The molecule has 1 aliphatic rings. The Morgan fingerprint density at radius 3 is 2.59 bits per heavy atom. The summed E-state index contributed by atoms with van der Waals surface area (Å²) in [4.78, 5) is 16.7. The zero-order valence-corrected chi connectivity index (χ0v) is 16.3. The molecule has 0 fully saturated rings. The van der Waals surface area contributed by atoms with Crippen LogP contribution in [0.25, 0.3) is 0 Å². The van der Waals surface area contributed by atoms with Gasteiger partial charge in [0.25, 0.3) is 5.60 Å². The van der Waals surface area contributed by atoms with Gasteiger partial charge in [-0.3, -0.25) is 0 Å². The maximum atomic E-state index is 14.1. The van der Waals surface area contributed by atoms with E-state index in [-0.39, 0.29) is 18.1 Å². The van der Waals surface area contributed by atoms with E-state index < -0.39 is 24.2 Å². The molecule has 1 aromatic heterocycles.